The van der Waals surface area contributed by atoms with E-state index in [0.717, 1.165) is 35.2 Å². The summed E-state index contributed by atoms with van der Waals surface area (Å²) in [4.78, 5) is 39.2. The lowest BCUT2D eigenvalue weighted by Gasteiger charge is -2.17. The van der Waals surface area contributed by atoms with Crippen molar-refractivity contribution in [1.82, 2.24) is 20.9 Å². The van der Waals surface area contributed by atoms with Gasteiger partial charge in [-0.05, 0) is 49.4 Å². The van der Waals surface area contributed by atoms with Crippen molar-refractivity contribution in [3.8, 4) is 0 Å². The van der Waals surface area contributed by atoms with Gasteiger partial charge in [0.25, 0.3) is 0 Å². The molecule has 1 aromatic carbocycles. The van der Waals surface area contributed by atoms with E-state index in [0.29, 0.717) is 17.5 Å². The summed E-state index contributed by atoms with van der Waals surface area (Å²) in [6, 6.07) is 11.3. The zero-order valence-corrected chi connectivity index (χ0v) is 21.8. The lowest BCUT2D eigenvalue weighted by molar-refractivity contribution is -0.192. The zero-order valence-electron chi connectivity index (χ0n) is 20.2. The highest BCUT2D eigenvalue weighted by atomic mass is 35.5. The van der Waals surface area contributed by atoms with Crippen LogP contribution < -0.4 is 16.0 Å². The number of nitrogens with zero attached hydrogens (tertiary/aromatic N) is 1. The highest BCUT2D eigenvalue weighted by molar-refractivity contribution is 7.17. The van der Waals surface area contributed by atoms with Crippen LogP contribution >= 0.6 is 22.9 Å². The number of hydrogen-bond donors (Lipinski definition) is 4. The van der Waals surface area contributed by atoms with Crippen LogP contribution in [0.3, 0.4) is 0 Å². The Labute approximate surface area is 225 Å². The lowest BCUT2D eigenvalue weighted by atomic mass is 9.96. The normalized spacial score (nSPS) is 17.8. The number of fused-ring (bicyclic) bond motifs is 1. The van der Waals surface area contributed by atoms with Crippen LogP contribution in [0.25, 0.3) is 10.2 Å². The van der Waals surface area contributed by atoms with E-state index in [1.165, 1.54) is 16.9 Å². The van der Waals surface area contributed by atoms with Crippen LogP contribution in [0.2, 0.25) is 5.02 Å². The summed E-state index contributed by atoms with van der Waals surface area (Å²) in [5, 5.41) is 19.5. The molecule has 0 unspecified atom stereocenters. The first-order valence-corrected chi connectivity index (χ1v) is 12.9. The van der Waals surface area contributed by atoms with E-state index >= 15 is 0 Å². The van der Waals surface area contributed by atoms with Crippen molar-refractivity contribution in [3.05, 3.63) is 64.1 Å². The Kier molecular flexibility index (Phi) is 10.1. The molecule has 0 spiro atoms. The van der Waals surface area contributed by atoms with E-state index in [4.69, 9.17) is 21.5 Å². The van der Waals surface area contributed by atoms with Crippen molar-refractivity contribution >= 4 is 50.9 Å². The molecule has 204 valence electrons. The number of thiophene rings is 1. The number of hydrogen-bond acceptors (Lipinski definition) is 6. The molecule has 0 saturated carbocycles. The number of aliphatic carboxylic acids is 1. The van der Waals surface area contributed by atoms with Gasteiger partial charge in [-0.3, -0.25) is 9.59 Å². The Balaban J connectivity index is 0.000000505. The van der Waals surface area contributed by atoms with Gasteiger partial charge in [-0.1, -0.05) is 41.9 Å². The highest BCUT2D eigenvalue weighted by Crippen LogP contribution is 2.28. The Morgan fingerprint density at radius 3 is 2.58 bits per heavy atom. The van der Waals surface area contributed by atoms with Crippen molar-refractivity contribution < 1.29 is 32.7 Å². The predicted octanol–water partition coefficient (Wildman–Crippen LogP) is 3.92. The van der Waals surface area contributed by atoms with Crippen molar-refractivity contribution in [2.45, 2.75) is 44.6 Å². The van der Waals surface area contributed by atoms with Gasteiger partial charge < -0.3 is 21.1 Å². The number of amides is 2. The molecule has 2 amide bonds. The third-order valence-corrected chi connectivity index (χ3v) is 7.15. The van der Waals surface area contributed by atoms with Crippen molar-refractivity contribution in [2.75, 3.05) is 6.54 Å². The number of carboxylic acid groups (broad SMARTS) is 1. The van der Waals surface area contributed by atoms with Gasteiger partial charge in [0.15, 0.2) is 0 Å². The summed E-state index contributed by atoms with van der Waals surface area (Å²) in [5.74, 6) is -2.71. The van der Waals surface area contributed by atoms with Gasteiger partial charge in [0, 0.05) is 23.5 Å². The Morgan fingerprint density at radius 1 is 1.24 bits per heavy atom. The average Bonchev–Trinajstić information content (AvgIpc) is 3.49. The summed E-state index contributed by atoms with van der Waals surface area (Å²) < 4.78 is 31.7. The van der Waals surface area contributed by atoms with E-state index in [1.807, 2.05) is 29.6 Å². The van der Waals surface area contributed by atoms with Crippen LogP contribution in [0.15, 0.2) is 48.0 Å². The number of halogens is 4. The second kappa shape index (κ2) is 13.0. The second-order valence-electron chi connectivity index (χ2n) is 8.78. The minimum atomic E-state index is -5.08. The molecule has 1 aliphatic rings. The Hall–Kier alpha value is -3.22. The molecule has 0 radical (unpaired) electrons. The van der Waals surface area contributed by atoms with Gasteiger partial charge in [-0.2, -0.15) is 13.2 Å². The first-order valence-electron chi connectivity index (χ1n) is 11.6. The average molecular weight is 571 g/mol. The molecular formula is C25H26ClF3N4O4S. The maximum Gasteiger partial charge on any atom is 0.490 e. The number of benzene rings is 1. The van der Waals surface area contributed by atoms with Gasteiger partial charge in [-0.15, -0.1) is 11.3 Å². The highest BCUT2D eigenvalue weighted by Gasteiger charge is 2.38. The smallest absolute Gasteiger partial charge is 0.475 e. The van der Waals surface area contributed by atoms with E-state index < -0.39 is 18.2 Å². The maximum atomic E-state index is 12.6. The summed E-state index contributed by atoms with van der Waals surface area (Å²) in [5.41, 5.74) is 2.14. The van der Waals surface area contributed by atoms with Gasteiger partial charge in [0.1, 0.15) is 10.9 Å². The number of aromatic nitrogens is 1. The van der Waals surface area contributed by atoms with Crippen LogP contribution in [0, 0.1) is 5.92 Å². The van der Waals surface area contributed by atoms with Crippen LogP contribution in [0.4, 0.5) is 13.2 Å². The minimum Gasteiger partial charge on any atom is -0.475 e. The summed E-state index contributed by atoms with van der Waals surface area (Å²) >= 11 is 7.65. The SMILES string of the molecule is C[C@H](NC(=O)[C@H]1C[C@H](Cc2ccccc2)CN1)C(=O)NCc1cnc2scc(Cl)c2c1.O=C(O)C(F)(F)F. The van der Waals surface area contributed by atoms with E-state index in [2.05, 4.69) is 33.1 Å². The fourth-order valence-corrected chi connectivity index (χ4v) is 4.95. The van der Waals surface area contributed by atoms with Crippen LogP contribution in [-0.4, -0.2) is 52.7 Å². The van der Waals surface area contributed by atoms with Gasteiger partial charge in [0.05, 0.1) is 11.1 Å². The van der Waals surface area contributed by atoms with Crippen molar-refractivity contribution in [3.63, 3.8) is 0 Å². The van der Waals surface area contributed by atoms with Gasteiger partial charge in [-0.25, -0.2) is 9.78 Å². The number of nitrogens with one attached hydrogen (secondary N) is 3. The Bertz CT molecular complexity index is 1270. The summed E-state index contributed by atoms with van der Waals surface area (Å²) in [6.45, 7) is 2.82. The number of pyridine rings is 1. The monoisotopic (exact) mass is 570 g/mol. The number of carbonyl (C=O) groups is 3. The molecule has 0 aliphatic carbocycles. The topological polar surface area (TPSA) is 120 Å². The summed E-state index contributed by atoms with van der Waals surface area (Å²) in [7, 11) is 0. The van der Waals surface area contributed by atoms with Crippen LogP contribution in [0.5, 0.6) is 0 Å². The number of alkyl halides is 3. The molecule has 3 heterocycles. The quantitative estimate of drug-likeness (QED) is 0.342. The van der Waals surface area contributed by atoms with Crippen LogP contribution in [0.1, 0.15) is 24.5 Å². The van der Waals surface area contributed by atoms with Crippen molar-refractivity contribution in [1.29, 1.82) is 0 Å². The molecule has 3 atom stereocenters. The number of carbonyl (C=O) groups excluding carboxylic acids is 2. The molecule has 4 rings (SSSR count). The minimum absolute atomic E-state index is 0.133. The molecule has 1 fully saturated rings. The molecule has 0 bridgehead atoms. The first-order chi connectivity index (χ1) is 17.9. The lowest BCUT2D eigenvalue weighted by Crippen LogP contribution is -2.49. The molecule has 13 heteroatoms. The van der Waals surface area contributed by atoms with Crippen LogP contribution in [-0.2, 0) is 27.3 Å². The third kappa shape index (κ3) is 8.40. The molecule has 1 saturated heterocycles. The molecular weight excluding hydrogens is 545 g/mol. The van der Waals surface area contributed by atoms with E-state index in [1.54, 1.807) is 13.1 Å². The molecule has 3 aromatic rings. The van der Waals surface area contributed by atoms with E-state index in [9.17, 15) is 22.8 Å². The summed E-state index contributed by atoms with van der Waals surface area (Å²) in [6.07, 6.45) is -1.64. The zero-order chi connectivity index (χ0) is 27.9. The fraction of sp³-hybridized carbons (Fsp3) is 0.360. The van der Waals surface area contributed by atoms with E-state index in [-0.39, 0.29) is 17.9 Å². The molecule has 4 N–H and O–H groups in total. The maximum absolute atomic E-state index is 12.6. The van der Waals surface area contributed by atoms with Gasteiger partial charge >= 0.3 is 12.1 Å². The van der Waals surface area contributed by atoms with Crippen molar-refractivity contribution in [2.24, 2.45) is 5.92 Å². The molecule has 8 nitrogen and oxygen atoms in total. The number of carboxylic acids is 1. The molecule has 1 aliphatic heterocycles. The molecule has 38 heavy (non-hydrogen) atoms. The fourth-order valence-electron chi connectivity index (χ4n) is 3.86. The third-order valence-electron chi connectivity index (χ3n) is 5.81. The Morgan fingerprint density at radius 2 is 1.92 bits per heavy atom. The predicted molar refractivity (Wildman–Crippen MR) is 138 cm³/mol. The largest absolute Gasteiger partial charge is 0.490 e. The number of rotatable bonds is 7. The molecule has 2 aromatic heterocycles. The second-order valence-corrected chi connectivity index (χ2v) is 10.0. The van der Waals surface area contributed by atoms with Gasteiger partial charge in [0.2, 0.25) is 11.8 Å². The first kappa shape index (κ1) is 29.3. The standard InChI is InChI=1S/C23H25ClN4O2S.C2HF3O2/c1-14(21(29)26-11-17-8-18-19(24)13-31-23(18)27-12-17)28-22(30)20-9-16(10-25-20)7-15-5-3-2-4-6-15;3-2(4,5)1(6)7/h2-6,8,12-14,16,20,25H,7,9-11H2,1H3,(H,26,29)(H,28,30);(H,6,7)/t14-,16-,20+;/m0./s1.